The topological polar surface area (TPSA) is 51.8 Å². The molecule has 6 nitrogen and oxygen atoms in total. The first-order chi connectivity index (χ1) is 11.9. The van der Waals surface area contributed by atoms with Crippen LogP contribution in [0, 0.1) is 5.92 Å². The summed E-state index contributed by atoms with van der Waals surface area (Å²) in [5.41, 5.74) is 2.51. The molecule has 3 aromatic rings. The van der Waals surface area contributed by atoms with Gasteiger partial charge in [0.15, 0.2) is 0 Å². The first kappa shape index (κ1) is 15.1. The number of aromatic nitrogens is 5. The summed E-state index contributed by atoms with van der Waals surface area (Å²) in [5, 5.41) is 4.23. The highest BCUT2D eigenvalue weighted by Gasteiger charge is 2.20. The Morgan fingerprint density at radius 3 is 2.75 bits per heavy atom. The van der Waals surface area contributed by atoms with E-state index < -0.39 is 0 Å². The molecule has 1 aliphatic rings. The van der Waals surface area contributed by atoms with E-state index >= 15 is 0 Å². The predicted molar refractivity (Wildman–Crippen MR) is 91.6 cm³/mol. The van der Waals surface area contributed by atoms with E-state index in [1.165, 1.54) is 24.9 Å². The zero-order valence-corrected chi connectivity index (χ0v) is 13.7. The lowest BCUT2D eigenvalue weighted by molar-refractivity contribution is 0.153. The average molecular weight is 322 g/mol. The minimum atomic E-state index is 0.658. The highest BCUT2D eigenvalue weighted by molar-refractivity contribution is 5.34. The summed E-state index contributed by atoms with van der Waals surface area (Å²) in [4.78, 5) is 10.7. The van der Waals surface area contributed by atoms with Crippen LogP contribution in [0.4, 0.5) is 0 Å². The van der Waals surface area contributed by atoms with Crippen molar-refractivity contribution in [2.24, 2.45) is 5.92 Å². The molecule has 1 aromatic carbocycles. The van der Waals surface area contributed by atoms with E-state index in [1.54, 1.807) is 12.5 Å². The SMILES string of the molecule is c1cn(-c2ccc(CN3CCCC(Cn4cncn4)C3)cc2)cn1. The Hall–Kier alpha value is -2.47. The molecule has 0 radical (unpaired) electrons. The van der Waals surface area contributed by atoms with Crippen molar-refractivity contribution >= 4 is 0 Å². The van der Waals surface area contributed by atoms with Crippen molar-refractivity contribution in [2.45, 2.75) is 25.9 Å². The third-order valence-electron chi connectivity index (χ3n) is 4.66. The molecule has 24 heavy (non-hydrogen) atoms. The Kier molecular flexibility index (Phi) is 4.38. The third-order valence-corrected chi connectivity index (χ3v) is 4.66. The highest BCUT2D eigenvalue weighted by atomic mass is 15.3. The van der Waals surface area contributed by atoms with E-state index in [-0.39, 0.29) is 0 Å². The molecule has 0 amide bonds. The number of hydrogen-bond donors (Lipinski definition) is 0. The second-order valence-electron chi connectivity index (χ2n) is 6.50. The predicted octanol–water partition coefficient (Wildman–Crippen LogP) is 2.38. The number of piperidine rings is 1. The molecule has 0 N–H and O–H groups in total. The van der Waals surface area contributed by atoms with Gasteiger partial charge in [-0.2, -0.15) is 5.10 Å². The van der Waals surface area contributed by atoms with E-state index in [0.29, 0.717) is 5.92 Å². The molecule has 3 heterocycles. The molecule has 124 valence electrons. The lowest BCUT2D eigenvalue weighted by atomic mass is 9.97. The summed E-state index contributed by atoms with van der Waals surface area (Å²) >= 11 is 0. The molecule has 1 unspecified atom stereocenters. The molecular weight excluding hydrogens is 300 g/mol. The van der Waals surface area contributed by atoms with Gasteiger partial charge in [0, 0.05) is 37.7 Å². The zero-order valence-electron chi connectivity index (χ0n) is 13.7. The van der Waals surface area contributed by atoms with Crippen LogP contribution in [0.25, 0.3) is 5.69 Å². The van der Waals surface area contributed by atoms with Crippen molar-refractivity contribution in [3.05, 3.63) is 61.2 Å². The van der Waals surface area contributed by atoms with Crippen molar-refractivity contribution in [1.29, 1.82) is 0 Å². The normalized spacial score (nSPS) is 18.8. The van der Waals surface area contributed by atoms with Crippen molar-refractivity contribution in [2.75, 3.05) is 13.1 Å². The van der Waals surface area contributed by atoms with Gasteiger partial charge in [-0.3, -0.25) is 9.58 Å². The molecule has 1 fully saturated rings. The maximum Gasteiger partial charge on any atom is 0.137 e. The van der Waals surface area contributed by atoms with Crippen LogP contribution in [0.1, 0.15) is 18.4 Å². The Morgan fingerprint density at radius 1 is 1.08 bits per heavy atom. The van der Waals surface area contributed by atoms with Crippen LogP contribution in [0.3, 0.4) is 0 Å². The lowest BCUT2D eigenvalue weighted by Gasteiger charge is -2.32. The molecule has 1 aliphatic heterocycles. The summed E-state index contributed by atoms with van der Waals surface area (Å²) in [6.45, 7) is 4.29. The fourth-order valence-corrected chi connectivity index (χ4v) is 3.48. The number of hydrogen-bond acceptors (Lipinski definition) is 4. The summed E-state index contributed by atoms with van der Waals surface area (Å²) in [6, 6.07) is 8.76. The van der Waals surface area contributed by atoms with Gasteiger partial charge >= 0.3 is 0 Å². The van der Waals surface area contributed by atoms with Crippen molar-refractivity contribution in [3.8, 4) is 5.69 Å². The third kappa shape index (κ3) is 3.54. The van der Waals surface area contributed by atoms with Crippen molar-refractivity contribution < 1.29 is 0 Å². The molecular formula is C18H22N6. The van der Waals surface area contributed by atoms with E-state index in [1.807, 2.05) is 28.1 Å². The number of imidazole rings is 1. The van der Waals surface area contributed by atoms with Gasteiger partial charge in [-0.15, -0.1) is 0 Å². The quantitative estimate of drug-likeness (QED) is 0.724. The van der Waals surface area contributed by atoms with Crippen LogP contribution in [-0.4, -0.2) is 42.3 Å². The van der Waals surface area contributed by atoms with Crippen LogP contribution in [0.15, 0.2) is 55.6 Å². The summed E-state index contributed by atoms with van der Waals surface area (Å²) in [7, 11) is 0. The van der Waals surface area contributed by atoms with Crippen LogP contribution in [0.5, 0.6) is 0 Å². The minimum Gasteiger partial charge on any atom is -0.306 e. The van der Waals surface area contributed by atoms with Crippen LogP contribution in [0.2, 0.25) is 0 Å². The molecule has 6 heteroatoms. The zero-order chi connectivity index (χ0) is 16.2. The minimum absolute atomic E-state index is 0.658. The number of benzene rings is 1. The van der Waals surface area contributed by atoms with Gasteiger partial charge in [0.05, 0.1) is 6.33 Å². The molecule has 0 aliphatic carbocycles. The summed E-state index contributed by atoms with van der Waals surface area (Å²) in [5.74, 6) is 0.658. The van der Waals surface area contributed by atoms with Gasteiger partial charge in [-0.05, 0) is 43.0 Å². The second-order valence-corrected chi connectivity index (χ2v) is 6.50. The average Bonchev–Trinajstić information content (AvgIpc) is 3.29. The van der Waals surface area contributed by atoms with Crippen molar-refractivity contribution in [1.82, 2.24) is 29.2 Å². The fourth-order valence-electron chi connectivity index (χ4n) is 3.48. The summed E-state index contributed by atoms with van der Waals surface area (Å²) in [6.07, 6.45) is 11.6. The van der Waals surface area contributed by atoms with Gasteiger partial charge in [0.2, 0.25) is 0 Å². The van der Waals surface area contributed by atoms with Gasteiger partial charge in [-0.25, -0.2) is 9.97 Å². The lowest BCUT2D eigenvalue weighted by Crippen LogP contribution is -2.36. The first-order valence-electron chi connectivity index (χ1n) is 8.49. The molecule has 1 atom stereocenters. The van der Waals surface area contributed by atoms with E-state index in [0.717, 1.165) is 25.3 Å². The molecule has 1 saturated heterocycles. The van der Waals surface area contributed by atoms with Crippen molar-refractivity contribution in [3.63, 3.8) is 0 Å². The largest absolute Gasteiger partial charge is 0.306 e. The van der Waals surface area contributed by atoms with Crippen LogP contribution < -0.4 is 0 Å². The van der Waals surface area contributed by atoms with Crippen LogP contribution >= 0.6 is 0 Å². The standard InChI is InChI=1S/C18H22N6/c1-2-17(12-24-15-20-13-21-24)11-22(8-1)10-16-3-5-18(6-4-16)23-9-7-19-14-23/h3-7,9,13-15,17H,1-2,8,10-12H2. The Morgan fingerprint density at radius 2 is 2.00 bits per heavy atom. The van der Waals surface area contributed by atoms with Gasteiger partial charge < -0.3 is 4.57 Å². The Labute approximate surface area is 141 Å². The van der Waals surface area contributed by atoms with E-state index in [4.69, 9.17) is 0 Å². The Balaban J connectivity index is 1.36. The van der Waals surface area contributed by atoms with Crippen LogP contribution in [-0.2, 0) is 13.1 Å². The first-order valence-corrected chi connectivity index (χ1v) is 8.49. The van der Waals surface area contributed by atoms with Gasteiger partial charge in [0.1, 0.15) is 12.7 Å². The monoisotopic (exact) mass is 322 g/mol. The highest BCUT2D eigenvalue weighted by Crippen LogP contribution is 2.20. The molecule has 4 rings (SSSR count). The number of nitrogens with zero attached hydrogens (tertiary/aromatic N) is 6. The molecule has 0 saturated carbocycles. The maximum absolute atomic E-state index is 4.23. The molecule has 0 spiro atoms. The smallest absolute Gasteiger partial charge is 0.137 e. The fraction of sp³-hybridized carbons (Fsp3) is 0.389. The van der Waals surface area contributed by atoms with Gasteiger partial charge in [0.25, 0.3) is 0 Å². The maximum atomic E-state index is 4.23. The number of likely N-dealkylation sites (tertiary alicyclic amines) is 1. The van der Waals surface area contributed by atoms with E-state index in [2.05, 4.69) is 44.2 Å². The molecule has 0 bridgehead atoms. The second kappa shape index (κ2) is 6.97. The summed E-state index contributed by atoms with van der Waals surface area (Å²) < 4.78 is 3.98. The number of rotatable bonds is 5. The van der Waals surface area contributed by atoms with Gasteiger partial charge in [-0.1, -0.05) is 12.1 Å². The van der Waals surface area contributed by atoms with E-state index in [9.17, 15) is 0 Å². The Bertz CT molecular complexity index is 732. The molecule has 2 aromatic heterocycles.